The Balaban J connectivity index is 1.27. The molecule has 0 bridgehead atoms. The molecule has 170 valence electrons. The van der Waals surface area contributed by atoms with Gasteiger partial charge in [0.05, 0.1) is 0 Å². The van der Waals surface area contributed by atoms with Gasteiger partial charge >= 0.3 is 0 Å². The summed E-state index contributed by atoms with van der Waals surface area (Å²) in [6.07, 6.45) is 3.43. The highest BCUT2D eigenvalue weighted by atomic mass is 32.1. The SMILES string of the molecule is O=C(NCc1cccnc1)c1ccc(NC(=S)Nc2cccc(OCc3ccccc3)c2)cc1. The van der Waals surface area contributed by atoms with Crippen LogP contribution in [0.1, 0.15) is 21.5 Å². The number of anilines is 2. The molecule has 0 radical (unpaired) electrons. The van der Waals surface area contributed by atoms with Crippen LogP contribution < -0.4 is 20.7 Å². The van der Waals surface area contributed by atoms with Gasteiger partial charge in [-0.25, -0.2) is 0 Å². The fourth-order valence-corrected chi connectivity index (χ4v) is 3.43. The molecule has 0 saturated heterocycles. The Kier molecular flexibility index (Phi) is 7.82. The minimum absolute atomic E-state index is 0.150. The Bertz CT molecular complexity index is 1230. The number of rotatable bonds is 8. The van der Waals surface area contributed by atoms with Crippen molar-refractivity contribution in [1.82, 2.24) is 10.3 Å². The summed E-state index contributed by atoms with van der Waals surface area (Å²) in [6, 6.07) is 28.5. The molecule has 7 heteroatoms. The first-order chi connectivity index (χ1) is 16.7. The van der Waals surface area contributed by atoms with Gasteiger partial charge < -0.3 is 20.7 Å². The number of nitrogens with zero attached hydrogens (tertiary/aromatic N) is 1. The van der Waals surface area contributed by atoms with E-state index in [9.17, 15) is 4.79 Å². The lowest BCUT2D eigenvalue weighted by Crippen LogP contribution is -2.23. The average Bonchev–Trinajstić information content (AvgIpc) is 2.88. The Hall–Kier alpha value is -4.23. The van der Waals surface area contributed by atoms with Crippen molar-refractivity contribution >= 4 is 34.6 Å². The summed E-state index contributed by atoms with van der Waals surface area (Å²) in [5, 5.41) is 9.61. The molecule has 0 fully saturated rings. The standard InChI is InChI=1S/C27H24N4O2S/c32-26(29-18-21-8-5-15-28-17-21)22-11-13-23(14-12-22)30-27(34)31-24-9-4-10-25(16-24)33-19-20-6-2-1-3-7-20/h1-17H,18-19H2,(H,29,32)(H2,30,31,34). The molecule has 1 heterocycles. The van der Waals surface area contributed by atoms with Crippen LogP contribution >= 0.6 is 12.2 Å². The van der Waals surface area contributed by atoms with Gasteiger partial charge in [-0.2, -0.15) is 0 Å². The maximum Gasteiger partial charge on any atom is 0.251 e. The van der Waals surface area contributed by atoms with Crippen LogP contribution in [0.15, 0.2) is 103 Å². The van der Waals surface area contributed by atoms with Crippen LogP contribution in [0.2, 0.25) is 0 Å². The molecule has 1 amide bonds. The molecule has 34 heavy (non-hydrogen) atoms. The van der Waals surface area contributed by atoms with E-state index in [4.69, 9.17) is 17.0 Å². The van der Waals surface area contributed by atoms with Gasteiger partial charge in [0, 0.05) is 41.9 Å². The highest BCUT2D eigenvalue weighted by molar-refractivity contribution is 7.80. The summed E-state index contributed by atoms with van der Waals surface area (Å²) < 4.78 is 5.87. The number of ether oxygens (including phenoxy) is 1. The van der Waals surface area contributed by atoms with Crippen molar-refractivity contribution < 1.29 is 9.53 Å². The number of hydrogen-bond donors (Lipinski definition) is 3. The topological polar surface area (TPSA) is 75.3 Å². The summed E-state index contributed by atoms with van der Waals surface area (Å²) in [5.41, 5.74) is 4.20. The summed E-state index contributed by atoms with van der Waals surface area (Å²) in [4.78, 5) is 16.4. The number of nitrogens with one attached hydrogen (secondary N) is 3. The first-order valence-corrected chi connectivity index (χ1v) is 11.2. The average molecular weight is 469 g/mol. The van der Waals surface area contributed by atoms with Gasteiger partial charge in [-0.3, -0.25) is 9.78 Å². The highest BCUT2D eigenvalue weighted by Crippen LogP contribution is 2.19. The molecule has 0 aliphatic carbocycles. The quantitative estimate of drug-likeness (QED) is 0.301. The van der Waals surface area contributed by atoms with E-state index in [1.807, 2.05) is 78.9 Å². The van der Waals surface area contributed by atoms with Crippen molar-refractivity contribution in [2.45, 2.75) is 13.2 Å². The highest BCUT2D eigenvalue weighted by Gasteiger charge is 2.06. The largest absolute Gasteiger partial charge is 0.489 e. The lowest BCUT2D eigenvalue weighted by molar-refractivity contribution is 0.0951. The van der Waals surface area contributed by atoms with E-state index in [2.05, 4.69) is 20.9 Å². The number of carbonyl (C=O) groups is 1. The second-order valence-electron chi connectivity index (χ2n) is 7.50. The number of benzene rings is 3. The Morgan fingerprint density at radius 3 is 2.35 bits per heavy atom. The van der Waals surface area contributed by atoms with Crippen LogP contribution in [-0.4, -0.2) is 16.0 Å². The van der Waals surface area contributed by atoms with Crippen LogP contribution in [0.5, 0.6) is 5.75 Å². The summed E-state index contributed by atoms with van der Waals surface area (Å²) in [7, 11) is 0. The minimum atomic E-state index is -0.150. The molecular weight excluding hydrogens is 444 g/mol. The molecule has 0 saturated carbocycles. The third-order valence-corrected chi connectivity index (χ3v) is 5.13. The van der Waals surface area contributed by atoms with E-state index in [0.29, 0.717) is 23.8 Å². The van der Waals surface area contributed by atoms with E-state index in [1.165, 1.54) is 0 Å². The fraction of sp³-hybridized carbons (Fsp3) is 0.0741. The second-order valence-corrected chi connectivity index (χ2v) is 7.91. The summed E-state index contributed by atoms with van der Waals surface area (Å²) in [6.45, 7) is 0.921. The molecule has 0 aliphatic rings. The van der Waals surface area contributed by atoms with E-state index in [0.717, 1.165) is 28.3 Å². The molecule has 0 unspecified atom stereocenters. The van der Waals surface area contributed by atoms with Crippen LogP contribution in [0.3, 0.4) is 0 Å². The Morgan fingerprint density at radius 2 is 1.59 bits per heavy atom. The van der Waals surface area contributed by atoms with E-state index in [-0.39, 0.29) is 5.91 Å². The minimum Gasteiger partial charge on any atom is -0.489 e. The van der Waals surface area contributed by atoms with Gasteiger partial charge in [0.1, 0.15) is 12.4 Å². The number of hydrogen-bond acceptors (Lipinski definition) is 4. The molecule has 3 N–H and O–H groups in total. The van der Waals surface area contributed by atoms with Gasteiger partial charge in [0.15, 0.2) is 5.11 Å². The van der Waals surface area contributed by atoms with Crippen molar-refractivity contribution in [1.29, 1.82) is 0 Å². The Morgan fingerprint density at radius 1 is 0.824 bits per heavy atom. The monoisotopic (exact) mass is 468 g/mol. The smallest absolute Gasteiger partial charge is 0.251 e. The van der Waals surface area contributed by atoms with E-state index >= 15 is 0 Å². The van der Waals surface area contributed by atoms with E-state index in [1.54, 1.807) is 24.5 Å². The zero-order valence-electron chi connectivity index (χ0n) is 18.4. The number of thiocarbonyl (C=S) groups is 1. The second kappa shape index (κ2) is 11.6. The van der Waals surface area contributed by atoms with Crippen LogP contribution in [0.4, 0.5) is 11.4 Å². The molecule has 0 atom stereocenters. The molecule has 1 aromatic heterocycles. The number of carbonyl (C=O) groups excluding carboxylic acids is 1. The van der Waals surface area contributed by atoms with Crippen molar-refractivity contribution in [2.24, 2.45) is 0 Å². The maximum absolute atomic E-state index is 12.4. The van der Waals surface area contributed by atoms with Gasteiger partial charge in [0.2, 0.25) is 0 Å². The number of amides is 1. The normalized spacial score (nSPS) is 10.2. The molecule has 3 aromatic carbocycles. The fourth-order valence-electron chi connectivity index (χ4n) is 3.19. The van der Waals surface area contributed by atoms with Gasteiger partial charge in [-0.1, -0.05) is 42.5 Å². The number of pyridine rings is 1. The predicted octanol–water partition coefficient (Wildman–Crippen LogP) is 5.40. The molecule has 4 aromatic rings. The first-order valence-electron chi connectivity index (χ1n) is 10.8. The van der Waals surface area contributed by atoms with Crippen LogP contribution in [-0.2, 0) is 13.2 Å². The maximum atomic E-state index is 12.4. The zero-order chi connectivity index (χ0) is 23.6. The molecule has 0 spiro atoms. The zero-order valence-corrected chi connectivity index (χ0v) is 19.2. The van der Waals surface area contributed by atoms with Crippen LogP contribution in [0.25, 0.3) is 0 Å². The van der Waals surface area contributed by atoms with Gasteiger partial charge in [-0.15, -0.1) is 0 Å². The van der Waals surface area contributed by atoms with Crippen LogP contribution in [0, 0.1) is 0 Å². The van der Waals surface area contributed by atoms with E-state index < -0.39 is 0 Å². The lowest BCUT2D eigenvalue weighted by atomic mass is 10.2. The molecule has 4 rings (SSSR count). The third kappa shape index (κ3) is 6.88. The molecular formula is C27H24N4O2S. The van der Waals surface area contributed by atoms with Crippen molar-refractivity contribution in [3.8, 4) is 5.75 Å². The Labute approximate surface area is 204 Å². The number of aromatic nitrogens is 1. The molecule has 0 aliphatic heterocycles. The van der Waals surface area contributed by atoms with Gasteiger partial charge in [0.25, 0.3) is 5.91 Å². The summed E-state index contributed by atoms with van der Waals surface area (Å²) in [5.74, 6) is 0.599. The van der Waals surface area contributed by atoms with Gasteiger partial charge in [-0.05, 0) is 65.8 Å². The summed E-state index contributed by atoms with van der Waals surface area (Å²) >= 11 is 5.43. The van der Waals surface area contributed by atoms with Crippen molar-refractivity contribution in [3.05, 3.63) is 120 Å². The first kappa shape index (κ1) is 22.9. The van der Waals surface area contributed by atoms with Crippen molar-refractivity contribution in [2.75, 3.05) is 10.6 Å². The third-order valence-electron chi connectivity index (χ3n) is 4.92. The van der Waals surface area contributed by atoms with Crippen molar-refractivity contribution in [3.63, 3.8) is 0 Å². The lowest BCUT2D eigenvalue weighted by Gasteiger charge is -2.13. The molecule has 6 nitrogen and oxygen atoms in total. The predicted molar refractivity (Wildman–Crippen MR) is 139 cm³/mol.